The maximum Gasteiger partial charge on any atom is 0.277 e. The molecule has 6 nitrogen and oxygen atoms in total. The van der Waals surface area contributed by atoms with Crippen molar-refractivity contribution in [3.8, 4) is 5.75 Å². The Hall–Kier alpha value is -2.34. The van der Waals surface area contributed by atoms with Gasteiger partial charge in [-0.25, -0.2) is 0 Å². The Morgan fingerprint density at radius 1 is 1.00 bits per heavy atom. The lowest BCUT2D eigenvalue weighted by Crippen LogP contribution is -2.47. The van der Waals surface area contributed by atoms with Gasteiger partial charge in [0.2, 0.25) is 0 Å². The molecule has 0 aromatic heterocycles. The van der Waals surface area contributed by atoms with E-state index in [1.54, 1.807) is 14.2 Å². The van der Waals surface area contributed by atoms with Gasteiger partial charge in [0.15, 0.2) is 0 Å². The Bertz CT molecular complexity index is 673. The number of hydrogen-bond acceptors (Lipinski definition) is 5. The number of hydrogen-bond donors (Lipinski definition) is 0. The van der Waals surface area contributed by atoms with Crippen molar-refractivity contribution in [3.05, 3.63) is 35.5 Å². The Morgan fingerprint density at radius 3 is 2.17 bits per heavy atom. The summed E-state index contributed by atoms with van der Waals surface area (Å²) in [6.07, 6.45) is 0. The number of likely N-dealkylation sites (N-methyl/N-ethyl adjacent to an activating group) is 2. The maximum atomic E-state index is 12.6. The molecule has 1 saturated heterocycles. The van der Waals surface area contributed by atoms with Crippen LogP contribution in [0.15, 0.2) is 30.0 Å². The molecule has 1 aromatic carbocycles. The minimum Gasteiger partial charge on any atom is -0.497 e. The lowest BCUT2D eigenvalue weighted by molar-refractivity contribution is -0.136. The van der Waals surface area contributed by atoms with Gasteiger partial charge in [0, 0.05) is 33.2 Å². The largest absolute Gasteiger partial charge is 0.497 e. The van der Waals surface area contributed by atoms with E-state index in [4.69, 9.17) is 4.74 Å². The van der Waals surface area contributed by atoms with Crippen LogP contribution in [0.2, 0.25) is 0 Å². The minimum atomic E-state index is -0.238. The predicted molar refractivity (Wildman–Crippen MR) is 91.4 cm³/mol. The first-order chi connectivity index (χ1) is 11.6. The number of ether oxygens (including phenoxy) is 1. The molecule has 0 aliphatic carbocycles. The topological polar surface area (TPSA) is 53.1 Å². The standard InChI is InChI=1S/C18H23N3O3/c1-4-20-9-11-21(12-10-20)16-15(17(22)19(2)18(16)23)13-5-7-14(24-3)8-6-13/h5-8H,4,9-12H2,1-3H3. The first kappa shape index (κ1) is 16.5. The summed E-state index contributed by atoms with van der Waals surface area (Å²) in [6, 6.07) is 7.29. The van der Waals surface area contributed by atoms with Crippen LogP contribution in [-0.4, -0.2) is 73.4 Å². The fraction of sp³-hybridized carbons (Fsp3) is 0.444. The van der Waals surface area contributed by atoms with Crippen molar-refractivity contribution in [3.63, 3.8) is 0 Å². The zero-order valence-electron chi connectivity index (χ0n) is 14.4. The van der Waals surface area contributed by atoms with E-state index in [2.05, 4.69) is 16.7 Å². The van der Waals surface area contributed by atoms with Gasteiger partial charge >= 0.3 is 0 Å². The molecule has 6 heteroatoms. The zero-order valence-corrected chi connectivity index (χ0v) is 14.4. The molecule has 128 valence electrons. The molecule has 0 unspecified atom stereocenters. The second kappa shape index (κ2) is 6.65. The first-order valence-electron chi connectivity index (χ1n) is 8.25. The molecule has 2 aliphatic heterocycles. The van der Waals surface area contributed by atoms with Gasteiger partial charge in [-0.15, -0.1) is 0 Å². The van der Waals surface area contributed by atoms with Crippen LogP contribution in [-0.2, 0) is 9.59 Å². The van der Waals surface area contributed by atoms with Crippen LogP contribution >= 0.6 is 0 Å². The van der Waals surface area contributed by atoms with Crippen LogP contribution in [0.1, 0.15) is 12.5 Å². The molecule has 0 radical (unpaired) electrons. The molecule has 0 atom stereocenters. The molecule has 2 heterocycles. The summed E-state index contributed by atoms with van der Waals surface area (Å²) in [6.45, 7) is 6.47. The number of carbonyl (C=O) groups excluding carboxylic acids is 2. The second-order valence-electron chi connectivity index (χ2n) is 6.04. The molecule has 0 saturated carbocycles. The van der Waals surface area contributed by atoms with E-state index >= 15 is 0 Å². The van der Waals surface area contributed by atoms with E-state index < -0.39 is 0 Å². The molecule has 1 aromatic rings. The van der Waals surface area contributed by atoms with Gasteiger partial charge in [-0.1, -0.05) is 19.1 Å². The monoisotopic (exact) mass is 329 g/mol. The number of amides is 2. The highest BCUT2D eigenvalue weighted by Gasteiger charge is 2.40. The molecule has 3 rings (SSSR count). The number of piperazine rings is 1. The summed E-state index contributed by atoms with van der Waals surface area (Å²) < 4.78 is 5.17. The predicted octanol–water partition coefficient (Wildman–Crippen LogP) is 1.04. The molecule has 2 aliphatic rings. The average molecular weight is 329 g/mol. The average Bonchev–Trinajstić information content (AvgIpc) is 2.86. The molecule has 0 spiro atoms. The zero-order chi connectivity index (χ0) is 17.3. The summed E-state index contributed by atoms with van der Waals surface area (Å²) in [7, 11) is 3.15. The summed E-state index contributed by atoms with van der Waals surface area (Å²) >= 11 is 0. The van der Waals surface area contributed by atoms with Crippen molar-refractivity contribution in [2.24, 2.45) is 0 Å². The van der Waals surface area contributed by atoms with Crippen LogP contribution < -0.4 is 4.74 Å². The Kier molecular flexibility index (Phi) is 4.57. The quantitative estimate of drug-likeness (QED) is 0.773. The number of methoxy groups -OCH3 is 1. The fourth-order valence-corrected chi connectivity index (χ4v) is 3.23. The van der Waals surface area contributed by atoms with E-state index in [1.807, 2.05) is 24.3 Å². The molecule has 2 amide bonds. The lowest BCUT2D eigenvalue weighted by atomic mass is 10.0. The second-order valence-corrected chi connectivity index (χ2v) is 6.04. The minimum absolute atomic E-state index is 0.212. The number of imide groups is 1. The van der Waals surface area contributed by atoms with Gasteiger partial charge in [-0.3, -0.25) is 14.5 Å². The highest BCUT2D eigenvalue weighted by atomic mass is 16.5. The van der Waals surface area contributed by atoms with Crippen LogP contribution in [0.25, 0.3) is 5.57 Å². The van der Waals surface area contributed by atoms with Crippen LogP contribution in [0.5, 0.6) is 5.75 Å². The van der Waals surface area contributed by atoms with Crippen molar-refractivity contribution in [2.75, 3.05) is 46.9 Å². The van der Waals surface area contributed by atoms with Crippen molar-refractivity contribution in [1.29, 1.82) is 0 Å². The number of nitrogens with zero attached hydrogens (tertiary/aromatic N) is 3. The van der Waals surface area contributed by atoms with Gasteiger partial charge in [0.05, 0.1) is 12.7 Å². The number of benzene rings is 1. The summed E-state index contributed by atoms with van der Waals surface area (Å²) in [5, 5.41) is 0. The lowest BCUT2D eigenvalue weighted by Gasteiger charge is -2.35. The van der Waals surface area contributed by atoms with Gasteiger partial charge in [-0.05, 0) is 24.2 Å². The first-order valence-corrected chi connectivity index (χ1v) is 8.25. The highest BCUT2D eigenvalue weighted by molar-refractivity contribution is 6.35. The van der Waals surface area contributed by atoms with Crippen molar-refractivity contribution < 1.29 is 14.3 Å². The molecule has 0 N–H and O–H groups in total. The smallest absolute Gasteiger partial charge is 0.277 e. The third kappa shape index (κ3) is 2.78. The van der Waals surface area contributed by atoms with E-state index in [9.17, 15) is 9.59 Å². The third-order valence-corrected chi connectivity index (χ3v) is 4.78. The van der Waals surface area contributed by atoms with Crippen LogP contribution in [0.3, 0.4) is 0 Å². The Labute approximate surface area is 142 Å². The van der Waals surface area contributed by atoms with Crippen molar-refractivity contribution in [1.82, 2.24) is 14.7 Å². The molecule has 0 bridgehead atoms. The number of rotatable bonds is 4. The highest BCUT2D eigenvalue weighted by Crippen LogP contribution is 2.32. The third-order valence-electron chi connectivity index (χ3n) is 4.78. The fourth-order valence-electron chi connectivity index (χ4n) is 3.23. The van der Waals surface area contributed by atoms with E-state index in [0.29, 0.717) is 11.3 Å². The van der Waals surface area contributed by atoms with E-state index in [0.717, 1.165) is 44.0 Å². The van der Waals surface area contributed by atoms with E-state index in [1.165, 1.54) is 4.90 Å². The van der Waals surface area contributed by atoms with Crippen LogP contribution in [0, 0.1) is 0 Å². The van der Waals surface area contributed by atoms with Crippen molar-refractivity contribution >= 4 is 17.4 Å². The summed E-state index contributed by atoms with van der Waals surface area (Å²) in [5.74, 6) is 0.274. The van der Waals surface area contributed by atoms with E-state index in [-0.39, 0.29) is 11.8 Å². The SMILES string of the molecule is CCN1CCN(C2=C(c3ccc(OC)cc3)C(=O)N(C)C2=O)CC1. The Morgan fingerprint density at radius 2 is 1.62 bits per heavy atom. The maximum absolute atomic E-state index is 12.6. The summed E-state index contributed by atoms with van der Waals surface area (Å²) in [5.41, 5.74) is 1.78. The van der Waals surface area contributed by atoms with Gasteiger partial charge in [0.1, 0.15) is 11.4 Å². The molecule has 24 heavy (non-hydrogen) atoms. The van der Waals surface area contributed by atoms with Crippen LogP contribution in [0.4, 0.5) is 0 Å². The van der Waals surface area contributed by atoms with Gasteiger partial charge < -0.3 is 14.5 Å². The van der Waals surface area contributed by atoms with Gasteiger partial charge in [-0.2, -0.15) is 0 Å². The molecular formula is C18H23N3O3. The number of carbonyl (C=O) groups is 2. The van der Waals surface area contributed by atoms with Crippen molar-refractivity contribution in [2.45, 2.75) is 6.92 Å². The summed E-state index contributed by atoms with van der Waals surface area (Å²) in [4.78, 5) is 30.9. The molecular weight excluding hydrogens is 306 g/mol. The molecule has 1 fully saturated rings. The Balaban J connectivity index is 1.98. The van der Waals surface area contributed by atoms with Gasteiger partial charge in [0.25, 0.3) is 11.8 Å². The normalized spacial score (nSPS) is 19.5.